The maximum Gasteiger partial charge on any atom is 0.280 e. The third kappa shape index (κ3) is 5.87. The van der Waals surface area contributed by atoms with Gasteiger partial charge in [0.2, 0.25) is 5.88 Å². The van der Waals surface area contributed by atoms with Gasteiger partial charge in [0, 0.05) is 30.7 Å². The molecule has 1 aromatic carbocycles. The van der Waals surface area contributed by atoms with Crippen molar-refractivity contribution >= 4 is 29.4 Å². The first kappa shape index (κ1) is 26.3. The summed E-state index contributed by atoms with van der Waals surface area (Å²) in [5.41, 5.74) is 6.88. The van der Waals surface area contributed by atoms with E-state index in [-0.39, 0.29) is 23.3 Å². The minimum absolute atomic E-state index is 0.0194. The molecule has 11 heteroatoms. The second-order valence-electron chi connectivity index (χ2n) is 8.31. The zero-order valence-corrected chi connectivity index (χ0v) is 21.5. The standard InChI is InChI=1S/C24H26Cl2N6O3/c1-13-11-29-23(24(3,4)34)31-20(13)15-6-7-17(25)18(10-15)32-14(2)30-21(19(26)22(32)33)35-12-16(27)8-9-28-5/h6-11,34H,12,27H2,1-5H3/b16-8-,28-9?. The van der Waals surface area contributed by atoms with Gasteiger partial charge in [0.25, 0.3) is 5.56 Å². The Bertz CT molecular complexity index is 1380. The number of nitrogens with two attached hydrogens (primary N) is 1. The highest BCUT2D eigenvalue weighted by Gasteiger charge is 2.22. The van der Waals surface area contributed by atoms with Gasteiger partial charge in [-0.15, -0.1) is 0 Å². The van der Waals surface area contributed by atoms with Crippen molar-refractivity contribution in [3.63, 3.8) is 0 Å². The summed E-state index contributed by atoms with van der Waals surface area (Å²) in [4.78, 5) is 30.1. The topological polar surface area (TPSA) is 129 Å². The molecule has 0 aliphatic carbocycles. The summed E-state index contributed by atoms with van der Waals surface area (Å²) < 4.78 is 6.85. The van der Waals surface area contributed by atoms with Crippen molar-refractivity contribution in [3.8, 4) is 22.8 Å². The van der Waals surface area contributed by atoms with Crippen LogP contribution in [-0.4, -0.2) is 44.5 Å². The summed E-state index contributed by atoms with van der Waals surface area (Å²) in [6, 6.07) is 5.14. The minimum atomic E-state index is -1.22. The quantitative estimate of drug-likeness (QED) is 0.457. The van der Waals surface area contributed by atoms with Gasteiger partial charge < -0.3 is 15.6 Å². The molecule has 0 bridgehead atoms. The maximum absolute atomic E-state index is 13.2. The Labute approximate surface area is 213 Å². The predicted octanol–water partition coefficient (Wildman–Crippen LogP) is 3.76. The van der Waals surface area contributed by atoms with Gasteiger partial charge in [0.15, 0.2) is 10.8 Å². The molecule has 0 aliphatic rings. The van der Waals surface area contributed by atoms with Crippen molar-refractivity contribution in [2.45, 2.75) is 33.3 Å². The molecule has 0 aliphatic heterocycles. The number of aryl methyl sites for hydroxylation is 2. The van der Waals surface area contributed by atoms with Gasteiger partial charge in [0.05, 0.1) is 16.4 Å². The normalized spacial score (nSPS) is 12.4. The molecule has 9 nitrogen and oxygen atoms in total. The average molecular weight is 517 g/mol. The van der Waals surface area contributed by atoms with Gasteiger partial charge in [-0.3, -0.25) is 14.4 Å². The Morgan fingerprint density at radius 1 is 1.29 bits per heavy atom. The van der Waals surface area contributed by atoms with Crippen LogP contribution in [-0.2, 0) is 5.60 Å². The summed E-state index contributed by atoms with van der Waals surface area (Å²) in [6.45, 7) is 6.69. The molecule has 184 valence electrons. The first-order chi connectivity index (χ1) is 16.4. The summed E-state index contributed by atoms with van der Waals surface area (Å²) in [7, 11) is 1.62. The Morgan fingerprint density at radius 2 is 2.00 bits per heavy atom. The number of allylic oxidation sites excluding steroid dienone is 1. The van der Waals surface area contributed by atoms with Gasteiger partial charge in [-0.2, -0.15) is 4.98 Å². The van der Waals surface area contributed by atoms with Gasteiger partial charge >= 0.3 is 0 Å². The van der Waals surface area contributed by atoms with E-state index in [1.54, 1.807) is 58.3 Å². The fraction of sp³-hybridized carbons (Fsp3) is 0.292. The first-order valence-electron chi connectivity index (χ1n) is 10.6. The average Bonchev–Trinajstić information content (AvgIpc) is 2.80. The molecule has 3 N–H and O–H groups in total. The second kappa shape index (κ2) is 10.6. The molecule has 0 saturated carbocycles. The molecule has 3 rings (SSSR count). The van der Waals surface area contributed by atoms with Crippen molar-refractivity contribution in [1.82, 2.24) is 19.5 Å². The molecule has 35 heavy (non-hydrogen) atoms. The first-order valence-corrected chi connectivity index (χ1v) is 11.3. The highest BCUT2D eigenvalue weighted by molar-refractivity contribution is 6.33. The van der Waals surface area contributed by atoms with E-state index >= 15 is 0 Å². The Morgan fingerprint density at radius 3 is 2.66 bits per heavy atom. The Kier molecular flexibility index (Phi) is 7.94. The van der Waals surface area contributed by atoms with Crippen molar-refractivity contribution < 1.29 is 9.84 Å². The van der Waals surface area contributed by atoms with Crippen LogP contribution < -0.4 is 16.0 Å². The van der Waals surface area contributed by atoms with Crippen LogP contribution in [0.4, 0.5) is 0 Å². The van der Waals surface area contributed by atoms with Crippen molar-refractivity contribution in [1.29, 1.82) is 0 Å². The van der Waals surface area contributed by atoms with E-state index in [1.165, 1.54) is 10.8 Å². The lowest BCUT2D eigenvalue weighted by molar-refractivity contribution is 0.0688. The Balaban J connectivity index is 2.08. The molecular formula is C24H26Cl2N6O3. The summed E-state index contributed by atoms with van der Waals surface area (Å²) in [5.74, 6) is 0.541. The number of nitrogens with zero attached hydrogens (tertiary/aromatic N) is 5. The molecule has 0 saturated heterocycles. The zero-order valence-electron chi connectivity index (χ0n) is 20.0. The lowest BCUT2D eigenvalue weighted by Gasteiger charge is -2.18. The van der Waals surface area contributed by atoms with Gasteiger partial charge in [-0.1, -0.05) is 29.3 Å². The van der Waals surface area contributed by atoms with Crippen LogP contribution in [0, 0.1) is 13.8 Å². The van der Waals surface area contributed by atoms with E-state index in [9.17, 15) is 9.90 Å². The zero-order chi connectivity index (χ0) is 25.9. The Hall–Kier alpha value is -3.27. The van der Waals surface area contributed by atoms with Crippen LogP contribution in [0.3, 0.4) is 0 Å². The minimum Gasteiger partial charge on any atom is -0.470 e. The number of aliphatic imine (C=N–C) groups is 1. The van der Waals surface area contributed by atoms with Crippen LogP contribution >= 0.6 is 23.2 Å². The number of rotatable bonds is 7. The van der Waals surface area contributed by atoms with Crippen molar-refractivity contribution in [2.24, 2.45) is 10.7 Å². The van der Waals surface area contributed by atoms with Crippen molar-refractivity contribution in [2.75, 3.05) is 13.7 Å². The number of ether oxygens (including phenoxy) is 1. The fourth-order valence-corrected chi connectivity index (χ4v) is 3.58. The molecule has 0 amide bonds. The molecule has 0 atom stereocenters. The highest BCUT2D eigenvalue weighted by atomic mass is 35.5. The van der Waals surface area contributed by atoms with Gasteiger partial charge in [-0.05, 0) is 51.5 Å². The number of aromatic nitrogens is 4. The van der Waals surface area contributed by atoms with E-state index in [4.69, 9.17) is 33.7 Å². The number of halogens is 2. The maximum atomic E-state index is 13.2. The van der Waals surface area contributed by atoms with Crippen LogP contribution in [0.5, 0.6) is 5.88 Å². The smallest absolute Gasteiger partial charge is 0.280 e. The predicted molar refractivity (Wildman–Crippen MR) is 138 cm³/mol. The summed E-state index contributed by atoms with van der Waals surface area (Å²) in [5, 5.41) is 10.4. The number of aliphatic hydroxyl groups is 1. The van der Waals surface area contributed by atoms with E-state index in [0.29, 0.717) is 33.5 Å². The molecule has 0 radical (unpaired) electrons. The summed E-state index contributed by atoms with van der Waals surface area (Å²) >= 11 is 12.8. The molecule has 2 heterocycles. The highest BCUT2D eigenvalue weighted by Crippen LogP contribution is 2.30. The number of benzene rings is 1. The van der Waals surface area contributed by atoms with Crippen LogP contribution in [0.15, 0.2) is 46.0 Å². The molecule has 3 aromatic rings. The largest absolute Gasteiger partial charge is 0.470 e. The van der Waals surface area contributed by atoms with Gasteiger partial charge in [-0.25, -0.2) is 9.97 Å². The number of hydrogen-bond donors (Lipinski definition) is 2. The molecule has 0 spiro atoms. The van der Waals surface area contributed by atoms with E-state index in [1.807, 2.05) is 6.92 Å². The van der Waals surface area contributed by atoms with Crippen LogP contribution in [0.2, 0.25) is 10.0 Å². The SMILES string of the molecule is CN=C/C=C(\N)COc1nc(C)n(-c2cc(-c3nc(C(C)(C)O)ncc3C)ccc2Cl)c(=O)c1Cl. The molecule has 2 aromatic heterocycles. The monoisotopic (exact) mass is 516 g/mol. The third-order valence-corrected chi connectivity index (χ3v) is 5.60. The van der Waals surface area contributed by atoms with Crippen LogP contribution in [0.1, 0.15) is 31.1 Å². The molecular weight excluding hydrogens is 491 g/mol. The third-order valence-electron chi connectivity index (χ3n) is 4.96. The lowest BCUT2D eigenvalue weighted by atomic mass is 10.0. The van der Waals surface area contributed by atoms with E-state index in [0.717, 1.165) is 5.56 Å². The fourth-order valence-electron chi connectivity index (χ4n) is 3.19. The van der Waals surface area contributed by atoms with Gasteiger partial charge in [0.1, 0.15) is 18.0 Å². The van der Waals surface area contributed by atoms with E-state index < -0.39 is 11.2 Å². The van der Waals surface area contributed by atoms with Crippen LogP contribution in [0.25, 0.3) is 16.9 Å². The molecule has 0 fully saturated rings. The van der Waals surface area contributed by atoms with Crippen molar-refractivity contribution in [3.05, 3.63) is 73.8 Å². The lowest BCUT2D eigenvalue weighted by Crippen LogP contribution is -2.24. The molecule has 0 unspecified atom stereocenters. The van der Waals surface area contributed by atoms with E-state index in [2.05, 4.69) is 19.9 Å². The summed E-state index contributed by atoms with van der Waals surface area (Å²) in [6.07, 6.45) is 4.74. The second-order valence-corrected chi connectivity index (χ2v) is 9.09. The number of hydrogen-bond acceptors (Lipinski definition) is 8.